The third-order valence-electron chi connectivity index (χ3n) is 1.89. The van der Waals surface area contributed by atoms with Crippen molar-refractivity contribution in [1.29, 1.82) is 0 Å². The van der Waals surface area contributed by atoms with Crippen molar-refractivity contribution in [3.05, 3.63) is 35.1 Å². The van der Waals surface area contributed by atoms with Crippen molar-refractivity contribution < 1.29 is 18.3 Å². The molecule has 0 heterocycles. The average Bonchev–Trinajstić information content (AvgIpc) is 2.15. The normalized spacial score (nSPS) is 13.3. The molecule has 0 aromatic heterocycles. The van der Waals surface area contributed by atoms with Crippen molar-refractivity contribution in [2.45, 2.75) is 12.5 Å². The molecular formula is C9H10F3NO. The molecule has 0 saturated heterocycles. The Bertz CT molecular complexity index is 317. The van der Waals surface area contributed by atoms with Crippen LogP contribution in [0.3, 0.4) is 0 Å². The molecule has 1 atom stereocenters. The molecule has 1 rings (SSSR count). The van der Waals surface area contributed by atoms with E-state index in [0.717, 1.165) is 6.07 Å². The zero-order chi connectivity index (χ0) is 10.7. The van der Waals surface area contributed by atoms with Crippen LogP contribution >= 0.6 is 0 Å². The Morgan fingerprint density at radius 3 is 2.50 bits per heavy atom. The van der Waals surface area contributed by atoms with Crippen LogP contribution in [-0.4, -0.2) is 11.7 Å². The lowest BCUT2D eigenvalue weighted by atomic mass is 10.0. The second kappa shape index (κ2) is 4.43. The summed E-state index contributed by atoms with van der Waals surface area (Å²) < 4.78 is 37.8. The highest BCUT2D eigenvalue weighted by Crippen LogP contribution is 2.29. The summed E-state index contributed by atoms with van der Waals surface area (Å²) in [5.41, 5.74) is 4.18. The van der Waals surface area contributed by atoms with Crippen molar-refractivity contribution >= 4 is 0 Å². The fraction of sp³-hybridized carbons (Fsp3) is 0.333. The van der Waals surface area contributed by atoms with Gasteiger partial charge >= 0.3 is 0 Å². The van der Waals surface area contributed by atoms with E-state index in [1.807, 2.05) is 0 Å². The third-order valence-corrected chi connectivity index (χ3v) is 1.89. The smallest absolute Gasteiger partial charge is 0.267 e. The number of halogens is 3. The molecule has 2 nitrogen and oxygen atoms in total. The molecule has 0 aliphatic carbocycles. The number of aliphatic hydroxyl groups excluding tert-OH is 1. The summed E-state index contributed by atoms with van der Waals surface area (Å²) >= 11 is 0. The molecule has 0 amide bonds. The maximum Gasteiger partial charge on any atom is 0.267 e. The SMILES string of the molecule is NCC(O)c1cccc(F)c1C(F)F. The highest BCUT2D eigenvalue weighted by Gasteiger charge is 2.21. The van der Waals surface area contributed by atoms with E-state index in [-0.39, 0.29) is 12.1 Å². The molecule has 3 N–H and O–H groups in total. The van der Waals surface area contributed by atoms with Crippen LogP contribution in [0.2, 0.25) is 0 Å². The van der Waals surface area contributed by atoms with Gasteiger partial charge in [0.25, 0.3) is 6.43 Å². The van der Waals surface area contributed by atoms with Gasteiger partial charge in [-0.25, -0.2) is 13.2 Å². The number of nitrogens with two attached hydrogens (primary N) is 1. The Hall–Kier alpha value is -1.07. The Morgan fingerprint density at radius 2 is 2.00 bits per heavy atom. The highest BCUT2D eigenvalue weighted by atomic mass is 19.3. The van der Waals surface area contributed by atoms with Gasteiger partial charge in [0.05, 0.1) is 11.7 Å². The van der Waals surface area contributed by atoms with Crippen LogP contribution < -0.4 is 5.73 Å². The molecule has 14 heavy (non-hydrogen) atoms. The number of alkyl halides is 2. The van der Waals surface area contributed by atoms with E-state index in [1.165, 1.54) is 12.1 Å². The third kappa shape index (κ3) is 2.05. The molecule has 5 heteroatoms. The van der Waals surface area contributed by atoms with E-state index >= 15 is 0 Å². The van der Waals surface area contributed by atoms with Gasteiger partial charge in [-0.15, -0.1) is 0 Å². The van der Waals surface area contributed by atoms with Crippen molar-refractivity contribution in [3.8, 4) is 0 Å². The topological polar surface area (TPSA) is 46.2 Å². The van der Waals surface area contributed by atoms with Crippen LogP contribution in [0.15, 0.2) is 18.2 Å². The number of hydrogen-bond acceptors (Lipinski definition) is 2. The summed E-state index contributed by atoms with van der Waals surface area (Å²) in [6, 6.07) is 3.42. The number of rotatable bonds is 3. The molecule has 1 aromatic carbocycles. The Kier molecular flexibility index (Phi) is 3.49. The fourth-order valence-electron chi connectivity index (χ4n) is 1.20. The van der Waals surface area contributed by atoms with Crippen LogP contribution in [0.5, 0.6) is 0 Å². The molecular weight excluding hydrogens is 195 g/mol. The Morgan fingerprint density at radius 1 is 1.36 bits per heavy atom. The van der Waals surface area contributed by atoms with Crippen LogP contribution in [-0.2, 0) is 0 Å². The molecule has 78 valence electrons. The molecule has 0 aliphatic rings. The van der Waals surface area contributed by atoms with Gasteiger partial charge in [0.15, 0.2) is 0 Å². The van der Waals surface area contributed by atoms with Gasteiger partial charge in [-0.3, -0.25) is 0 Å². The molecule has 1 unspecified atom stereocenters. The quantitative estimate of drug-likeness (QED) is 0.789. The van der Waals surface area contributed by atoms with Gasteiger partial charge in [0, 0.05) is 6.54 Å². The van der Waals surface area contributed by atoms with E-state index in [1.54, 1.807) is 0 Å². The second-order valence-electron chi connectivity index (χ2n) is 2.79. The van der Waals surface area contributed by atoms with Crippen LogP contribution in [0.1, 0.15) is 23.7 Å². The summed E-state index contributed by atoms with van der Waals surface area (Å²) in [4.78, 5) is 0. The standard InChI is InChI=1S/C9H10F3NO/c10-6-3-1-2-5(7(14)4-13)8(6)9(11)12/h1-3,7,9,14H,4,13H2. The minimum atomic E-state index is -2.95. The lowest BCUT2D eigenvalue weighted by Crippen LogP contribution is -2.14. The van der Waals surface area contributed by atoms with E-state index in [9.17, 15) is 18.3 Å². The average molecular weight is 205 g/mol. The molecule has 0 aliphatic heterocycles. The first-order chi connectivity index (χ1) is 6.57. The number of aliphatic hydroxyl groups is 1. The molecule has 0 bridgehead atoms. The van der Waals surface area contributed by atoms with Crippen molar-refractivity contribution in [3.63, 3.8) is 0 Å². The lowest BCUT2D eigenvalue weighted by Gasteiger charge is -2.13. The van der Waals surface area contributed by atoms with Crippen LogP contribution in [0, 0.1) is 5.82 Å². The van der Waals surface area contributed by atoms with Gasteiger partial charge in [-0.1, -0.05) is 12.1 Å². The highest BCUT2D eigenvalue weighted by molar-refractivity contribution is 5.31. The lowest BCUT2D eigenvalue weighted by molar-refractivity contribution is 0.133. The summed E-state index contributed by atoms with van der Waals surface area (Å²) in [6.07, 6.45) is -4.21. The maximum atomic E-state index is 13.0. The van der Waals surface area contributed by atoms with Gasteiger partial charge in [0.2, 0.25) is 0 Å². The zero-order valence-corrected chi connectivity index (χ0v) is 7.25. The molecule has 0 radical (unpaired) electrons. The first kappa shape index (κ1) is 11.0. The van der Waals surface area contributed by atoms with Crippen LogP contribution in [0.25, 0.3) is 0 Å². The first-order valence-electron chi connectivity index (χ1n) is 4.02. The van der Waals surface area contributed by atoms with Crippen molar-refractivity contribution in [2.75, 3.05) is 6.54 Å². The zero-order valence-electron chi connectivity index (χ0n) is 7.25. The summed E-state index contributed by atoms with van der Waals surface area (Å²) in [5.74, 6) is -1.02. The number of hydrogen-bond donors (Lipinski definition) is 2. The predicted molar refractivity (Wildman–Crippen MR) is 45.4 cm³/mol. The fourth-order valence-corrected chi connectivity index (χ4v) is 1.20. The van der Waals surface area contributed by atoms with Crippen molar-refractivity contribution in [1.82, 2.24) is 0 Å². The Balaban J connectivity index is 3.21. The summed E-state index contributed by atoms with van der Waals surface area (Å²) in [7, 11) is 0. The maximum absolute atomic E-state index is 13.0. The van der Waals surface area contributed by atoms with E-state index < -0.39 is 23.9 Å². The Labute approximate surface area is 79.2 Å². The van der Waals surface area contributed by atoms with Gasteiger partial charge in [0.1, 0.15) is 5.82 Å². The van der Waals surface area contributed by atoms with Gasteiger partial charge in [-0.2, -0.15) is 0 Å². The van der Waals surface area contributed by atoms with E-state index in [4.69, 9.17) is 5.73 Å². The largest absolute Gasteiger partial charge is 0.387 e. The van der Waals surface area contributed by atoms with Crippen LogP contribution in [0.4, 0.5) is 13.2 Å². The monoisotopic (exact) mass is 205 g/mol. The second-order valence-corrected chi connectivity index (χ2v) is 2.79. The van der Waals surface area contributed by atoms with Gasteiger partial charge in [-0.05, 0) is 11.6 Å². The first-order valence-corrected chi connectivity index (χ1v) is 4.02. The number of benzene rings is 1. The van der Waals surface area contributed by atoms with E-state index in [0.29, 0.717) is 0 Å². The molecule has 0 fully saturated rings. The molecule has 1 aromatic rings. The molecule has 0 saturated carbocycles. The van der Waals surface area contributed by atoms with Gasteiger partial charge < -0.3 is 10.8 Å². The van der Waals surface area contributed by atoms with Crippen molar-refractivity contribution in [2.24, 2.45) is 5.73 Å². The predicted octanol–water partition coefficient (Wildman–Crippen LogP) is 1.76. The summed E-state index contributed by atoms with van der Waals surface area (Å²) in [5, 5.41) is 9.26. The van der Waals surface area contributed by atoms with E-state index in [2.05, 4.69) is 0 Å². The minimum absolute atomic E-state index is 0.150. The molecule has 0 spiro atoms. The summed E-state index contributed by atoms with van der Waals surface area (Å²) in [6.45, 7) is -0.219. The minimum Gasteiger partial charge on any atom is -0.387 e.